The summed E-state index contributed by atoms with van der Waals surface area (Å²) in [5.41, 5.74) is 0.625. The van der Waals surface area contributed by atoms with E-state index in [4.69, 9.17) is 0 Å². The van der Waals surface area contributed by atoms with E-state index in [9.17, 15) is 4.79 Å². The molecule has 0 atom stereocenters. The van der Waals surface area contributed by atoms with E-state index >= 15 is 0 Å². The molecule has 134 valence electrons. The summed E-state index contributed by atoms with van der Waals surface area (Å²) in [6.07, 6.45) is 4.05. The first kappa shape index (κ1) is 16.8. The van der Waals surface area contributed by atoms with E-state index in [0.717, 1.165) is 34.9 Å². The van der Waals surface area contributed by atoms with Gasteiger partial charge in [0.25, 0.3) is 5.91 Å². The van der Waals surface area contributed by atoms with E-state index in [1.165, 1.54) is 24.2 Å². The Labute approximate surface area is 156 Å². The van der Waals surface area contributed by atoms with Crippen molar-refractivity contribution in [3.05, 3.63) is 41.4 Å². The Morgan fingerprint density at radius 3 is 2.73 bits per heavy atom. The molecule has 1 aromatic carbocycles. The van der Waals surface area contributed by atoms with E-state index < -0.39 is 0 Å². The molecule has 6 nitrogen and oxygen atoms in total. The maximum atomic E-state index is 12.7. The van der Waals surface area contributed by atoms with Gasteiger partial charge in [0.2, 0.25) is 5.95 Å². The zero-order valence-corrected chi connectivity index (χ0v) is 15.7. The number of carbonyl (C=O) groups excluding carboxylic acids is 1. The van der Waals surface area contributed by atoms with Crippen LogP contribution >= 0.6 is 11.3 Å². The van der Waals surface area contributed by atoms with Crippen LogP contribution in [-0.4, -0.2) is 43.1 Å². The molecule has 0 unspecified atom stereocenters. The van der Waals surface area contributed by atoms with Crippen LogP contribution in [0.2, 0.25) is 0 Å². The lowest BCUT2D eigenvalue weighted by Gasteiger charge is -2.20. The van der Waals surface area contributed by atoms with E-state index in [0.29, 0.717) is 10.6 Å². The SMILES string of the molecule is CN(C)c1nc(N2CCCC2)ncc1NC(=O)c1cc2ccccc2s1. The van der Waals surface area contributed by atoms with Gasteiger partial charge in [-0.25, -0.2) is 4.98 Å². The number of thiophene rings is 1. The molecule has 1 aliphatic heterocycles. The van der Waals surface area contributed by atoms with Crippen LogP contribution in [0.15, 0.2) is 36.5 Å². The Bertz CT molecular complexity index is 913. The van der Waals surface area contributed by atoms with Gasteiger partial charge in [-0.15, -0.1) is 11.3 Å². The van der Waals surface area contributed by atoms with Crippen molar-refractivity contribution < 1.29 is 4.79 Å². The Morgan fingerprint density at radius 2 is 2.00 bits per heavy atom. The topological polar surface area (TPSA) is 61.4 Å². The first-order chi connectivity index (χ1) is 12.6. The molecule has 0 radical (unpaired) electrons. The minimum Gasteiger partial charge on any atom is -0.361 e. The third-order valence-corrected chi connectivity index (χ3v) is 5.58. The second kappa shape index (κ2) is 6.92. The fourth-order valence-electron chi connectivity index (χ4n) is 3.14. The molecule has 3 heterocycles. The molecule has 4 rings (SSSR count). The molecule has 1 N–H and O–H groups in total. The third kappa shape index (κ3) is 3.22. The van der Waals surface area contributed by atoms with Gasteiger partial charge in [-0.3, -0.25) is 4.79 Å². The number of nitrogens with one attached hydrogen (secondary N) is 1. The number of fused-ring (bicyclic) bond motifs is 1. The van der Waals surface area contributed by atoms with Crippen molar-refractivity contribution in [3.8, 4) is 0 Å². The van der Waals surface area contributed by atoms with Crippen molar-refractivity contribution in [2.45, 2.75) is 12.8 Å². The highest BCUT2D eigenvalue weighted by Gasteiger charge is 2.19. The zero-order valence-electron chi connectivity index (χ0n) is 14.9. The molecule has 1 amide bonds. The average molecular weight is 367 g/mol. The van der Waals surface area contributed by atoms with E-state index in [2.05, 4.69) is 20.2 Å². The van der Waals surface area contributed by atoms with Crippen molar-refractivity contribution in [1.82, 2.24) is 9.97 Å². The molecular weight excluding hydrogens is 346 g/mol. The summed E-state index contributed by atoms with van der Waals surface area (Å²) in [5.74, 6) is 1.31. The molecule has 7 heteroatoms. The lowest BCUT2D eigenvalue weighted by molar-refractivity contribution is 0.103. The summed E-state index contributed by atoms with van der Waals surface area (Å²) in [4.78, 5) is 26.6. The Hall–Kier alpha value is -2.67. The Kier molecular flexibility index (Phi) is 4.46. The molecule has 0 spiro atoms. The van der Waals surface area contributed by atoms with Crippen LogP contribution in [0.4, 0.5) is 17.5 Å². The maximum absolute atomic E-state index is 12.7. The average Bonchev–Trinajstić information content (AvgIpc) is 3.31. The number of hydrogen-bond donors (Lipinski definition) is 1. The predicted molar refractivity (Wildman–Crippen MR) is 108 cm³/mol. The smallest absolute Gasteiger partial charge is 0.265 e. The highest BCUT2D eigenvalue weighted by Crippen LogP contribution is 2.29. The van der Waals surface area contributed by atoms with Gasteiger partial charge in [0.05, 0.1) is 11.1 Å². The van der Waals surface area contributed by atoms with E-state index in [-0.39, 0.29) is 5.91 Å². The summed E-state index contributed by atoms with van der Waals surface area (Å²) in [6, 6.07) is 9.92. The van der Waals surface area contributed by atoms with Gasteiger partial charge in [0.15, 0.2) is 5.82 Å². The quantitative estimate of drug-likeness (QED) is 0.763. The highest BCUT2D eigenvalue weighted by molar-refractivity contribution is 7.20. The summed E-state index contributed by atoms with van der Waals surface area (Å²) >= 11 is 1.49. The van der Waals surface area contributed by atoms with Gasteiger partial charge in [-0.2, -0.15) is 4.98 Å². The summed E-state index contributed by atoms with van der Waals surface area (Å²) < 4.78 is 1.10. The number of nitrogens with zero attached hydrogens (tertiary/aromatic N) is 4. The molecule has 1 saturated heterocycles. The highest BCUT2D eigenvalue weighted by atomic mass is 32.1. The second-order valence-electron chi connectivity index (χ2n) is 6.60. The van der Waals surface area contributed by atoms with Gasteiger partial charge in [0.1, 0.15) is 5.69 Å². The van der Waals surface area contributed by atoms with Crippen LogP contribution in [0.25, 0.3) is 10.1 Å². The minimum atomic E-state index is -0.133. The van der Waals surface area contributed by atoms with Gasteiger partial charge < -0.3 is 15.1 Å². The first-order valence-corrected chi connectivity index (χ1v) is 9.53. The van der Waals surface area contributed by atoms with E-state index in [1.54, 1.807) is 6.20 Å². The number of aromatic nitrogens is 2. The van der Waals surface area contributed by atoms with Crippen molar-refractivity contribution in [3.63, 3.8) is 0 Å². The van der Waals surface area contributed by atoms with Crippen LogP contribution in [0.1, 0.15) is 22.5 Å². The lowest BCUT2D eigenvalue weighted by Crippen LogP contribution is -2.23. The number of carbonyl (C=O) groups is 1. The molecule has 26 heavy (non-hydrogen) atoms. The summed E-state index contributed by atoms with van der Waals surface area (Å²) in [6.45, 7) is 1.97. The molecular formula is C19H21N5OS. The molecule has 0 bridgehead atoms. The number of hydrogen-bond acceptors (Lipinski definition) is 6. The van der Waals surface area contributed by atoms with E-state index in [1.807, 2.05) is 49.3 Å². The van der Waals surface area contributed by atoms with Gasteiger partial charge in [0, 0.05) is 31.9 Å². The summed E-state index contributed by atoms with van der Waals surface area (Å²) in [5, 5.41) is 4.05. The second-order valence-corrected chi connectivity index (χ2v) is 7.68. The van der Waals surface area contributed by atoms with Crippen LogP contribution in [0.3, 0.4) is 0 Å². The third-order valence-electron chi connectivity index (χ3n) is 4.47. The molecule has 0 saturated carbocycles. The number of rotatable bonds is 4. The summed E-state index contributed by atoms with van der Waals surface area (Å²) in [7, 11) is 3.84. The number of benzene rings is 1. The number of anilines is 3. The van der Waals surface area contributed by atoms with Crippen LogP contribution in [0.5, 0.6) is 0 Å². The standard InChI is InChI=1S/C19H21N5OS/c1-23(2)17-14(12-20-19(22-17)24-9-5-6-10-24)21-18(25)16-11-13-7-3-4-8-15(13)26-16/h3-4,7-8,11-12H,5-6,9-10H2,1-2H3,(H,21,25). The van der Waals surface area contributed by atoms with Gasteiger partial charge >= 0.3 is 0 Å². The van der Waals surface area contributed by atoms with Crippen molar-refractivity contribution in [2.24, 2.45) is 0 Å². The van der Waals surface area contributed by atoms with Crippen molar-refractivity contribution in [1.29, 1.82) is 0 Å². The monoisotopic (exact) mass is 367 g/mol. The first-order valence-electron chi connectivity index (χ1n) is 8.71. The zero-order chi connectivity index (χ0) is 18.1. The maximum Gasteiger partial charge on any atom is 0.265 e. The lowest BCUT2D eigenvalue weighted by atomic mass is 10.2. The van der Waals surface area contributed by atoms with Crippen LogP contribution in [-0.2, 0) is 0 Å². The molecule has 2 aromatic heterocycles. The van der Waals surface area contributed by atoms with Crippen molar-refractivity contribution >= 4 is 44.8 Å². The van der Waals surface area contributed by atoms with Crippen LogP contribution in [0, 0.1) is 0 Å². The molecule has 0 aliphatic carbocycles. The molecule has 1 aliphatic rings. The van der Waals surface area contributed by atoms with Gasteiger partial charge in [-0.1, -0.05) is 18.2 Å². The minimum absolute atomic E-state index is 0.133. The Morgan fingerprint density at radius 1 is 1.23 bits per heavy atom. The predicted octanol–water partition coefficient (Wildman–Crippen LogP) is 3.61. The molecule has 3 aromatic rings. The van der Waals surface area contributed by atoms with Crippen LogP contribution < -0.4 is 15.1 Å². The normalized spacial score (nSPS) is 14.0. The largest absolute Gasteiger partial charge is 0.361 e. The Balaban J connectivity index is 1.60. The molecule has 1 fully saturated rings. The van der Waals surface area contributed by atoms with Crippen molar-refractivity contribution in [2.75, 3.05) is 42.3 Å². The van der Waals surface area contributed by atoms with Gasteiger partial charge in [-0.05, 0) is 30.4 Å². The fourth-order valence-corrected chi connectivity index (χ4v) is 4.10. The fraction of sp³-hybridized carbons (Fsp3) is 0.316. The number of amides is 1.